The van der Waals surface area contributed by atoms with Crippen LogP contribution in [0.4, 0.5) is 0 Å². The van der Waals surface area contributed by atoms with Gasteiger partial charge in [-0.3, -0.25) is 4.79 Å². The van der Waals surface area contributed by atoms with Gasteiger partial charge in [-0.1, -0.05) is 0 Å². The van der Waals surface area contributed by atoms with Crippen molar-refractivity contribution in [3.63, 3.8) is 0 Å². The minimum Gasteiger partial charge on any atom is -0.511 e. The number of ketones is 1. The van der Waals surface area contributed by atoms with E-state index in [0.29, 0.717) is 0 Å². The molecule has 0 atom stereocenters. The second-order valence-electron chi connectivity index (χ2n) is 3.03. The third-order valence-corrected chi connectivity index (χ3v) is 2.04. The van der Waals surface area contributed by atoms with Crippen LogP contribution in [0.2, 0.25) is 0 Å². The van der Waals surface area contributed by atoms with Crippen molar-refractivity contribution in [2.75, 3.05) is 6.61 Å². The van der Waals surface area contributed by atoms with Gasteiger partial charge >= 0.3 is 5.97 Å². The van der Waals surface area contributed by atoms with Crippen molar-refractivity contribution in [1.82, 2.24) is 0 Å². The molecular weight excluding hydrogens is 160 g/mol. The van der Waals surface area contributed by atoms with E-state index in [1.807, 2.05) is 0 Å². The van der Waals surface area contributed by atoms with Crippen molar-refractivity contribution in [2.24, 2.45) is 5.92 Å². The van der Waals surface area contributed by atoms with Gasteiger partial charge in [0.15, 0.2) is 6.61 Å². The Hall–Kier alpha value is -1.32. The number of esters is 1. The molecule has 1 heterocycles. The molecule has 0 unspecified atom stereocenters. The Morgan fingerprint density at radius 1 is 1.42 bits per heavy atom. The van der Waals surface area contributed by atoms with Gasteiger partial charge in [0, 0.05) is 5.92 Å². The van der Waals surface area contributed by atoms with E-state index in [0.717, 1.165) is 12.8 Å². The van der Waals surface area contributed by atoms with Crippen molar-refractivity contribution in [3.05, 3.63) is 11.3 Å². The average Bonchev–Trinajstić information content (AvgIpc) is 2.79. The molecule has 0 spiro atoms. The SMILES string of the molecule is O=C1COC(=O)/C1=C(\O)C1CC1. The summed E-state index contributed by atoms with van der Waals surface area (Å²) in [6.45, 7) is -0.217. The molecule has 1 aliphatic heterocycles. The minimum atomic E-state index is -0.676. The molecule has 64 valence electrons. The molecule has 0 aromatic heterocycles. The lowest BCUT2D eigenvalue weighted by Crippen LogP contribution is -2.06. The first-order valence-corrected chi connectivity index (χ1v) is 3.83. The Bertz CT molecular complexity index is 267. The number of carbonyl (C=O) groups excluding carboxylic acids is 2. The molecule has 0 amide bonds. The number of hydrogen-bond donors (Lipinski definition) is 1. The predicted molar refractivity (Wildman–Crippen MR) is 38.3 cm³/mol. The van der Waals surface area contributed by atoms with Crippen molar-refractivity contribution in [3.8, 4) is 0 Å². The number of hydrogen-bond acceptors (Lipinski definition) is 4. The number of aliphatic hydroxyl groups is 1. The number of allylic oxidation sites excluding steroid dienone is 1. The predicted octanol–water partition coefficient (Wildman–Crippen LogP) is 0.334. The zero-order chi connectivity index (χ0) is 8.72. The summed E-state index contributed by atoms with van der Waals surface area (Å²) < 4.78 is 4.47. The summed E-state index contributed by atoms with van der Waals surface area (Å²) >= 11 is 0. The van der Waals surface area contributed by atoms with E-state index in [4.69, 9.17) is 0 Å². The molecule has 2 aliphatic rings. The Balaban J connectivity index is 2.34. The van der Waals surface area contributed by atoms with Gasteiger partial charge in [-0.05, 0) is 12.8 Å². The molecule has 0 aromatic carbocycles. The van der Waals surface area contributed by atoms with Crippen LogP contribution in [0, 0.1) is 5.92 Å². The molecule has 0 bridgehead atoms. The zero-order valence-electron chi connectivity index (χ0n) is 6.37. The normalized spacial score (nSPS) is 27.3. The zero-order valence-corrected chi connectivity index (χ0v) is 6.37. The second-order valence-corrected chi connectivity index (χ2v) is 3.03. The van der Waals surface area contributed by atoms with E-state index in [9.17, 15) is 14.7 Å². The molecule has 2 fully saturated rings. The molecule has 1 saturated heterocycles. The highest BCUT2D eigenvalue weighted by atomic mass is 16.5. The van der Waals surface area contributed by atoms with E-state index >= 15 is 0 Å². The Kier molecular flexibility index (Phi) is 1.43. The molecule has 1 saturated carbocycles. The smallest absolute Gasteiger partial charge is 0.345 e. The van der Waals surface area contributed by atoms with Crippen molar-refractivity contribution in [2.45, 2.75) is 12.8 Å². The van der Waals surface area contributed by atoms with Gasteiger partial charge in [-0.2, -0.15) is 0 Å². The summed E-state index contributed by atoms with van der Waals surface area (Å²) in [4.78, 5) is 21.9. The van der Waals surface area contributed by atoms with Gasteiger partial charge in [-0.15, -0.1) is 0 Å². The van der Waals surface area contributed by atoms with E-state index < -0.39 is 11.8 Å². The van der Waals surface area contributed by atoms with E-state index in [-0.39, 0.29) is 23.9 Å². The summed E-state index contributed by atoms with van der Waals surface area (Å²) in [5, 5.41) is 9.39. The van der Waals surface area contributed by atoms with Crippen molar-refractivity contribution in [1.29, 1.82) is 0 Å². The molecule has 12 heavy (non-hydrogen) atoms. The highest BCUT2D eigenvalue weighted by Gasteiger charge is 2.38. The molecule has 1 N–H and O–H groups in total. The van der Waals surface area contributed by atoms with Crippen molar-refractivity contribution >= 4 is 11.8 Å². The summed E-state index contributed by atoms with van der Waals surface area (Å²) in [7, 11) is 0. The molecule has 1 aliphatic carbocycles. The Labute approximate surface area is 68.8 Å². The monoisotopic (exact) mass is 168 g/mol. The van der Waals surface area contributed by atoms with E-state index in [2.05, 4.69) is 4.74 Å². The molecule has 4 heteroatoms. The van der Waals surface area contributed by atoms with Gasteiger partial charge < -0.3 is 9.84 Å². The van der Waals surface area contributed by atoms with Crippen LogP contribution in [-0.4, -0.2) is 23.5 Å². The Morgan fingerprint density at radius 3 is 2.50 bits per heavy atom. The fraction of sp³-hybridized carbons (Fsp3) is 0.500. The lowest BCUT2D eigenvalue weighted by molar-refractivity contribution is -0.135. The number of ether oxygens (including phenoxy) is 1. The summed E-state index contributed by atoms with van der Waals surface area (Å²) in [5.74, 6) is -1.12. The number of rotatable bonds is 1. The number of cyclic esters (lactones) is 1. The first-order valence-electron chi connectivity index (χ1n) is 3.83. The fourth-order valence-electron chi connectivity index (χ4n) is 1.20. The highest BCUT2D eigenvalue weighted by Crippen LogP contribution is 2.37. The molecular formula is C8H8O4. The van der Waals surface area contributed by atoms with Crippen LogP contribution >= 0.6 is 0 Å². The maximum atomic E-state index is 11.0. The highest BCUT2D eigenvalue weighted by molar-refractivity contribution is 6.22. The summed E-state index contributed by atoms with van der Waals surface area (Å²) in [6.07, 6.45) is 1.71. The molecule has 0 radical (unpaired) electrons. The Morgan fingerprint density at radius 2 is 2.08 bits per heavy atom. The third-order valence-electron chi connectivity index (χ3n) is 2.04. The molecule has 0 aromatic rings. The van der Waals surface area contributed by atoms with Crippen LogP contribution in [0.5, 0.6) is 0 Å². The van der Waals surface area contributed by atoms with Gasteiger partial charge in [0.2, 0.25) is 5.78 Å². The number of Topliss-reactive ketones (excluding diaryl/α,β-unsaturated/α-hetero) is 1. The van der Waals surface area contributed by atoms with Gasteiger partial charge in [-0.25, -0.2) is 4.79 Å². The topological polar surface area (TPSA) is 63.6 Å². The number of carbonyl (C=O) groups is 2. The first kappa shape index (κ1) is 7.34. The maximum Gasteiger partial charge on any atom is 0.345 e. The van der Waals surface area contributed by atoms with E-state index in [1.54, 1.807) is 0 Å². The van der Waals surface area contributed by atoms with Crippen LogP contribution in [0.3, 0.4) is 0 Å². The second kappa shape index (κ2) is 2.33. The van der Waals surface area contributed by atoms with Gasteiger partial charge in [0.05, 0.1) is 0 Å². The van der Waals surface area contributed by atoms with Crippen LogP contribution in [-0.2, 0) is 14.3 Å². The van der Waals surface area contributed by atoms with Crippen LogP contribution in [0.1, 0.15) is 12.8 Å². The minimum absolute atomic E-state index is 0.0228. The van der Waals surface area contributed by atoms with Crippen LogP contribution in [0.25, 0.3) is 0 Å². The summed E-state index contributed by atoms with van der Waals surface area (Å²) in [6, 6.07) is 0. The standard InChI is InChI=1S/C8H8O4/c9-5-3-12-8(11)6(5)7(10)4-1-2-4/h4,10H,1-3H2/b7-6-. The van der Waals surface area contributed by atoms with Gasteiger partial charge in [0.1, 0.15) is 11.3 Å². The first-order chi connectivity index (χ1) is 5.70. The lowest BCUT2D eigenvalue weighted by atomic mass is 10.1. The van der Waals surface area contributed by atoms with Crippen LogP contribution in [0.15, 0.2) is 11.3 Å². The molecule has 2 rings (SSSR count). The quantitative estimate of drug-likeness (QED) is 0.265. The summed E-state index contributed by atoms with van der Waals surface area (Å²) in [5.41, 5.74) is -0.127. The lowest BCUT2D eigenvalue weighted by Gasteiger charge is -1.96. The number of aliphatic hydroxyl groups excluding tert-OH is 1. The van der Waals surface area contributed by atoms with Gasteiger partial charge in [0.25, 0.3) is 0 Å². The van der Waals surface area contributed by atoms with E-state index in [1.165, 1.54) is 0 Å². The van der Waals surface area contributed by atoms with Crippen molar-refractivity contribution < 1.29 is 19.4 Å². The molecule has 4 nitrogen and oxygen atoms in total. The fourth-order valence-corrected chi connectivity index (χ4v) is 1.20. The maximum absolute atomic E-state index is 11.0. The van der Waals surface area contributed by atoms with Crippen LogP contribution < -0.4 is 0 Å². The average molecular weight is 168 g/mol. The largest absolute Gasteiger partial charge is 0.511 e. The third kappa shape index (κ3) is 0.995.